The van der Waals surface area contributed by atoms with Gasteiger partial charge in [0.1, 0.15) is 35.4 Å². The van der Waals surface area contributed by atoms with Crippen LogP contribution in [0.3, 0.4) is 0 Å². The average Bonchev–Trinajstić information content (AvgIpc) is 3.46. The van der Waals surface area contributed by atoms with E-state index < -0.39 is 0 Å². The van der Waals surface area contributed by atoms with Gasteiger partial charge < -0.3 is 0 Å². The van der Waals surface area contributed by atoms with E-state index in [1.54, 1.807) is 12.1 Å². The summed E-state index contributed by atoms with van der Waals surface area (Å²) in [5, 5.41) is 48.3. The minimum Gasteiger partial charge on any atom is -0.192 e. The number of nitriles is 5. The molecule has 0 aromatic heterocycles. The second-order valence-corrected chi connectivity index (χ2v) is 8.89. The highest BCUT2D eigenvalue weighted by molar-refractivity contribution is 6.11. The van der Waals surface area contributed by atoms with E-state index in [2.05, 4.69) is 18.2 Å². The van der Waals surface area contributed by atoms with Gasteiger partial charge in [-0.3, -0.25) is 0 Å². The molecule has 2 aliphatic rings. The summed E-state index contributed by atoms with van der Waals surface area (Å²) in [5.41, 5.74) is 10.1. The Balaban J connectivity index is 1.65. The van der Waals surface area contributed by atoms with Gasteiger partial charge in [-0.1, -0.05) is 48.5 Å². The maximum Gasteiger partial charge on any atom is 0.138 e. The van der Waals surface area contributed by atoms with Crippen LogP contribution in [0.15, 0.2) is 90.0 Å². The first-order valence-corrected chi connectivity index (χ1v) is 11.7. The quantitative estimate of drug-likeness (QED) is 0.238. The first-order valence-electron chi connectivity index (χ1n) is 11.7. The van der Waals surface area contributed by atoms with Gasteiger partial charge in [0, 0.05) is 11.1 Å². The second-order valence-electron chi connectivity index (χ2n) is 8.89. The van der Waals surface area contributed by atoms with E-state index in [1.165, 1.54) is 0 Å². The van der Waals surface area contributed by atoms with Crippen LogP contribution in [-0.4, -0.2) is 0 Å². The van der Waals surface area contributed by atoms with Crippen molar-refractivity contribution in [2.45, 2.75) is 0 Å². The Morgan fingerprint density at radius 2 is 0.895 bits per heavy atom. The molecular formula is C33H13N5. The van der Waals surface area contributed by atoms with Gasteiger partial charge in [0.25, 0.3) is 0 Å². The molecule has 170 valence electrons. The minimum atomic E-state index is 0.0127. The molecule has 0 unspecified atom stereocenters. The molecule has 0 spiro atoms. The lowest BCUT2D eigenvalue weighted by Gasteiger charge is -2.08. The number of allylic oxidation sites excluding steroid dienone is 2. The van der Waals surface area contributed by atoms with Crippen molar-refractivity contribution in [3.05, 3.63) is 118 Å². The van der Waals surface area contributed by atoms with Crippen molar-refractivity contribution in [3.63, 3.8) is 0 Å². The van der Waals surface area contributed by atoms with Crippen molar-refractivity contribution >= 4 is 11.1 Å². The van der Waals surface area contributed by atoms with E-state index in [0.717, 1.165) is 55.6 Å². The summed E-state index contributed by atoms with van der Waals surface area (Å²) in [6, 6.07) is 35.1. The molecular weight excluding hydrogens is 466 g/mol. The average molecular weight is 480 g/mol. The van der Waals surface area contributed by atoms with Gasteiger partial charge in [-0.2, -0.15) is 26.3 Å². The fourth-order valence-electron chi connectivity index (χ4n) is 5.40. The number of hydrogen-bond acceptors (Lipinski definition) is 5. The number of hydrogen-bond donors (Lipinski definition) is 0. The summed E-state index contributed by atoms with van der Waals surface area (Å²) in [6.45, 7) is 0. The third kappa shape index (κ3) is 3.07. The largest absolute Gasteiger partial charge is 0.192 e. The lowest BCUT2D eigenvalue weighted by Crippen LogP contribution is -1.90. The fourth-order valence-corrected chi connectivity index (χ4v) is 5.40. The molecule has 5 nitrogen and oxygen atoms in total. The molecule has 2 aliphatic carbocycles. The van der Waals surface area contributed by atoms with Crippen molar-refractivity contribution < 1.29 is 0 Å². The number of rotatable bonds is 1. The van der Waals surface area contributed by atoms with Gasteiger partial charge in [-0.15, -0.1) is 0 Å². The van der Waals surface area contributed by atoms with Crippen LogP contribution in [0.2, 0.25) is 0 Å². The van der Waals surface area contributed by atoms with Crippen LogP contribution in [0.4, 0.5) is 0 Å². The monoisotopic (exact) mass is 479 g/mol. The van der Waals surface area contributed by atoms with E-state index in [4.69, 9.17) is 5.26 Å². The molecule has 4 aromatic carbocycles. The highest BCUT2D eigenvalue weighted by atomic mass is 14.4. The maximum atomic E-state index is 9.87. The van der Waals surface area contributed by atoms with Crippen LogP contribution in [0.25, 0.3) is 44.5 Å². The second kappa shape index (κ2) is 8.48. The predicted octanol–water partition coefficient (Wildman–Crippen LogP) is 6.88. The molecule has 0 saturated carbocycles. The van der Waals surface area contributed by atoms with Crippen LogP contribution in [0, 0.1) is 56.7 Å². The molecule has 6 rings (SSSR count). The van der Waals surface area contributed by atoms with Gasteiger partial charge in [-0.25, -0.2) is 0 Å². The molecule has 0 N–H and O–H groups in total. The summed E-state index contributed by atoms with van der Waals surface area (Å²) in [7, 11) is 0. The van der Waals surface area contributed by atoms with E-state index in [-0.39, 0.29) is 11.1 Å². The number of benzene rings is 4. The Kier molecular flexibility index (Phi) is 4.98. The zero-order chi connectivity index (χ0) is 26.4. The van der Waals surface area contributed by atoms with Gasteiger partial charge >= 0.3 is 0 Å². The first-order chi connectivity index (χ1) is 18.6. The zero-order valence-electron chi connectivity index (χ0n) is 19.7. The predicted molar refractivity (Wildman–Crippen MR) is 142 cm³/mol. The molecule has 0 heterocycles. The molecule has 0 bridgehead atoms. The summed E-state index contributed by atoms with van der Waals surface area (Å²) in [6.07, 6.45) is 0. The Morgan fingerprint density at radius 3 is 1.45 bits per heavy atom. The van der Waals surface area contributed by atoms with E-state index in [1.807, 2.05) is 78.9 Å². The Hall–Kier alpha value is -6.19. The van der Waals surface area contributed by atoms with Gasteiger partial charge in [0.2, 0.25) is 0 Å². The molecule has 4 aromatic rings. The lowest BCUT2D eigenvalue weighted by molar-refractivity contribution is 1.45. The molecule has 0 amide bonds. The Labute approximate surface area is 218 Å². The Bertz CT molecular complexity index is 1970. The molecule has 0 atom stereocenters. The van der Waals surface area contributed by atoms with Crippen LogP contribution in [-0.2, 0) is 0 Å². The van der Waals surface area contributed by atoms with Gasteiger partial charge in [0.05, 0.1) is 11.6 Å². The van der Waals surface area contributed by atoms with E-state index >= 15 is 0 Å². The molecule has 0 aliphatic heterocycles. The van der Waals surface area contributed by atoms with Crippen molar-refractivity contribution in [1.82, 2.24) is 0 Å². The number of fused-ring (bicyclic) bond motifs is 6. The Morgan fingerprint density at radius 1 is 0.421 bits per heavy atom. The van der Waals surface area contributed by atoms with Crippen LogP contribution in [0.5, 0.6) is 0 Å². The topological polar surface area (TPSA) is 119 Å². The summed E-state index contributed by atoms with van der Waals surface area (Å²) in [4.78, 5) is 0. The van der Waals surface area contributed by atoms with Crippen molar-refractivity contribution in [1.29, 1.82) is 26.3 Å². The van der Waals surface area contributed by atoms with Crippen LogP contribution >= 0.6 is 0 Å². The SMILES string of the molecule is N#CC(C#N)=C1c2ccccc2-c2cc3c(cc21)-c1ccc(-c2ccc(C#N)cc2)cc1C3=C(C#N)C#N. The minimum absolute atomic E-state index is 0.0127. The summed E-state index contributed by atoms with van der Waals surface area (Å²) in [5.74, 6) is 0. The van der Waals surface area contributed by atoms with E-state index in [0.29, 0.717) is 16.7 Å². The highest BCUT2D eigenvalue weighted by Gasteiger charge is 2.33. The van der Waals surface area contributed by atoms with Crippen molar-refractivity contribution in [2.24, 2.45) is 0 Å². The summed E-state index contributed by atoms with van der Waals surface area (Å²) < 4.78 is 0. The summed E-state index contributed by atoms with van der Waals surface area (Å²) >= 11 is 0. The smallest absolute Gasteiger partial charge is 0.138 e. The fraction of sp³-hybridized carbons (Fsp3) is 0. The van der Waals surface area contributed by atoms with E-state index in [9.17, 15) is 21.0 Å². The molecule has 0 saturated heterocycles. The zero-order valence-corrected chi connectivity index (χ0v) is 19.7. The lowest BCUT2D eigenvalue weighted by atomic mass is 9.93. The molecule has 5 heteroatoms. The molecule has 0 radical (unpaired) electrons. The standard InChI is InChI=1S/C33H13N5/c34-14-19-5-7-20(8-6-19)21-9-10-25-28-13-30-27(12-31(28)33(29(25)11-21)23(17-37)18-38)24-3-1-2-4-26(24)32(30)22(15-35)16-36/h1-13H. The van der Waals surface area contributed by atoms with Gasteiger partial charge in [0.15, 0.2) is 0 Å². The maximum absolute atomic E-state index is 9.87. The molecule has 0 fully saturated rings. The molecule has 38 heavy (non-hydrogen) atoms. The van der Waals surface area contributed by atoms with Crippen molar-refractivity contribution in [2.75, 3.05) is 0 Å². The van der Waals surface area contributed by atoms with Crippen molar-refractivity contribution in [3.8, 4) is 63.7 Å². The van der Waals surface area contributed by atoms with Crippen LogP contribution < -0.4 is 0 Å². The third-order valence-electron chi connectivity index (χ3n) is 7.06. The first kappa shape index (κ1) is 22.3. The third-order valence-corrected chi connectivity index (χ3v) is 7.06. The van der Waals surface area contributed by atoms with Gasteiger partial charge in [-0.05, 0) is 86.0 Å². The van der Waals surface area contributed by atoms with Crippen LogP contribution in [0.1, 0.15) is 27.8 Å². The highest BCUT2D eigenvalue weighted by Crippen LogP contribution is 2.53. The normalized spacial score (nSPS) is 11.4. The number of nitrogens with zero attached hydrogens (tertiary/aromatic N) is 5.